The number of imidazole rings is 1. The largest absolute Gasteiger partial charge is 0.507 e. The summed E-state index contributed by atoms with van der Waals surface area (Å²) in [7, 11) is 0. The van der Waals surface area contributed by atoms with E-state index in [0.29, 0.717) is 37.4 Å². The molecule has 7 nitrogen and oxygen atoms in total. The number of aryl methyl sites for hydroxylation is 3. The molecule has 1 atom stereocenters. The summed E-state index contributed by atoms with van der Waals surface area (Å²) in [5.74, 6) is -0.837. The van der Waals surface area contributed by atoms with Gasteiger partial charge in [0.1, 0.15) is 18.1 Å². The van der Waals surface area contributed by atoms with E-state index in [2.05, 4.69) is 11.1 Å². The Labute approximate surface area is 228 Å². The topological polar surface area (TPSA) is 84.7 Å². The van der Waals surface area contributed by atoms with Gasteiger partial charge in [0.05, 0.1) is 17.9 Å². The second-order valence-corrected chi connectivity index (χ2v) is 9.86. The van der Waals surface area contributed by atoms with Gasteiger partial charge in [-0.15, -0.1) is 0 Å². The first-order valence-corrected chi connectivity index (χ1v) is 13.0. The van der Waals surface area contributed by atoms with Crippen LogP contribution in [0.5, 0.6) is 5.75 Å². The summed E-state index contributed by atoms with van der Waals surface area (Å²) in [5.41, 5.74) is 4.62. The maximum absolute atomic E-state index is 13.3. The molecule has 1 unspecified atom stereocenters. The summed E-state index contributed by atoms with van der Waals surface area (Å²) < 4.78 is 7.84. The second kappa shape index (κ2) is 11.4. The van der Waals surface area contributed by atoms with Gasteiger partial charge in [0.15, 0.2) is 0 Å². The van der Waals surface area contributed by atoms with Crippen LogP contribution in [0.25, 0.3) is 5.76 Å². The lowest BCUT2D eigenvalue weighted by molar-refractivity contribution is -0.139. The van der Waals surface area contributed by atoms with Gasteiger partial charge in [0.25, 0.3) is 11.7 Å². The summed E-state index contributed by atoms with van der Waals surface area (Å²) in [6, 6.07) is 22.1. The third-order valence-electron chi connectivity index (χ3n) is 6.92. The van der Waals surface area contributed by atoms with Crippen LogP contribution >= 0.6 is 0 Å². The molecule has 7 heteroatoms. The number of nitrogens with zero attached hydrogens (tertiary/aromatic N) is 3. The lowest BCUT2D eigenvalue weighted by atomic mass is 9.94. The fourth-order valence-electron chi connectivity index (χ4n) is 4.88. The van der Waals surface area contributed by atoms with Crippen molar-refractivity contribution in [3.05, 3.63) is 125 Å². The van der Waals surface area contributed by atoms with Gasteiger partial charge in [0.2, 0.25) is 0 Å². The molecule has 0 spiro atoms. The van der Waals surface area contributed by atoms with E-state index >= 15 is 0 Å². The van der Waals surface area contributed by atoms with Crippen LogP contribution < -0.4 is 4.74 Å². The van der Waals surface area contributed by atoms with E-state index in [9.17, 15) is 14.7 Å². The van der Waals surface area contributed by atoms with Gasteiger partial charge in [-0.25, -0.2) is 4.98 Å². The number of hydrogen-bond donors (Lipinski definition) is 1. The van der Waals surface area contributed by atoms with E-state index < -0.39 is 17.7 Å². The van der Waals surface area contributed by atoms with E-state index in [-0.39, 0.29) is 11.3 Å². The summed E-state index contributed by atoms with van der Waals surface area (Å²) in [6.45, 7) is 5.46. The molecule has 0 aliphatic carbocycles. The molecule has 1 aliphatic heterocycles. The predicted octanol–water partition coefficient (Wildman–Crippen LogP) is 5.59. The minimum absolute atomic E-state index is 0.0971. The number of Topliss-reactive ketones (excluding diaryl/α,β-unsaturated/α-hetero) is 1. The number of ether oxygens (including phenoxy) is 1. The lowest BCUT2D eigenvalue weighted by Crippen LogP contribution is -2.31. The molecule has 1 aromatic heterocycles. The van der Waals surface area contributed by atoms with Crippen LogP contribution in [0.2, 0.25) is 0 Å². The minimum atomic E-state index is -0.680. The van der Waals surface area contributed by atoms with Crippen molar-refractivity contribution in [3.8, 4) is 5.75 Å². The van der Waals surface area contributed by atoms with Gasteiger partial charge >= 0.3 is 0 Å². The van der Waals surface area contributed by atoms with Crippen molar-refractivity contribution in [2.45, 2.75) is 39.5 Å². The molecule has 198 valence electrons. The van der Waals surface area contributed by atoms with Gasteiger partial charge in [-0.05, 0) is 55.7 Å². The average Bonchev–Trinajstić information content (AvgIpc) is 3.55. The van der Waals surface area contributed by atoms with Crippen LogP contribution in [-0.2, 0) is 22.7 Å². The summed E-state index contributed by atoms with van der Waals surface area (Å²) >= 11 is 0. The highest BCUT2D eigenvalue weighted by molar-refractivity contribution is 6.46. The zero-order valence-electron chi connectivity index (χ0n) is 22.1. The van der Waals surface area contributed by atoms with E-state index in [1.807, 2.05) is 67.1 Å². The van der Waals surface area contributed by atoms with Crippen LogP contribution in [0.15, 0.2) is 97.1 Å². The molecule has 0 bridgehead atoms. The van der Waals surface area contributed by atoms with Crippen molar-refractivity contribution < 1.29 is 19.4 Å². The van der Waals surface area contributed by atoms with Crippen LogP contribution in [0.3, 0.4) is 0 Å². The van der Waals surface area contributed by atoms with Gasteiger partial charge < -0.3 is 19.3 Å². The Hall–Kier alpha value is -4.65. The molecule has 1 saturated heterocycles. The Morgan fingerprint density at radius 1 is 0.949 bits per heavy atom. The molecule has 0 saturated carbocycles. The van der Waals surface area contributed by atoms with Crippen molar-refractivity contribution in [1.29, 1.82) is 0 Å². The monoisotopic (exact) mass is 521 g/mol. The van der Waals surface area contributed by atoms with Gasteiger partial charge in [-0.3, -0.25) is 9.59 Å². The van der Waals surface area contributed by atoms with Gasteiger partial charge in [-0.2, -0.15) is 0 Å². The highest BCUT2D eigenvalue weighted by atomic mass is 16.5. The molecule has 2 heterocycles. The highest BCUT2D eigenvalue weighted by Gasteiger charge is 2.45. The maximum atomic E-state index is 13.3. The maximum Gasteiger partial charge on any atom is 0.295 e. The molecule has 5 rings (SSSR count). The van der Waals surface area contributed by atoms with Crippen molar-refractivity contribution >= 4 is 17.4 Å². The summed E-state index contributed by atoms with van der Waals surface area (Å²) in [5, 5.41) is 11.3. The second-order valence-electron chi connectivity index (χ2n) is 9.86. The van der Waals surface area contributed by atoms with E-state index in [1.54, 1.807) is 41.7 Å². The van der Waals surface area contributed by atoms with E-state index in [4.69, 9.17) is 4.74 Å². The third-order valence-corrected chi connectivity index (χ3v) is 6.92. The molecule has 4 aromatic rings. The molecule has 1 fully saturated rings. The van der Waals surface area contributed by atoms with Crippen LogP contribution in [0, 0.1) is 13.8 Å². The van der Waals surface area contributed by atoms with Crippen LogP contribution in [0.1, 0.15) is 40.3 Å². The number of aliphatic hydroxyl groups is 1. The first kappa shape index (κ1) is 26.0. The quantitative estimate of drug-likeness (QED) is 0.176. The van der Waals surface area contributed by atoms with E-state index in [1.165, 1.54) is 0 Å². The molecule has 1 N–H and O–H groups in total. The molecule has 39 heavy (non-hydrogen) atoms. The average molecular weight is 522 g/mol. The van der Waals surface area contributed by atoms with Crippen molar-refractivity contribution in [1.82, 2.24) is 14.5 Å². The minimum Gasteiger partial charge on any atom is -0.507 e. The number of carbonyl (C=O) groups excluding carboxylic acids is 2. The Kier molecular flexibility index (Phi) is 7.59. The summed E-state index contributed by atoms with van der Waals surface area (Å²) in [4.78, 5) is 32.1. The highest BCUT2D eigenvalue weighted by Crippen LogP contribution is 2.39. The van der Waals surface area contributed by atoms with E-state index in [0.717, 1.165) is 22.3 Å². The smallest absolute Gasteiger partial charge is 0.295 e. The number of amides is 1. The lowest BCUT2D eigenvalue weighted by Gasteiger charge is -2.25. The number of aliphatic hydroxyl groups excluding tert-OH is 1. The number of rotatable bonds is 9. The predicted molar refractivity (Wildman–Crippen MR) is 149 cm³/mol. The van der Waals surface area contributed by atoms with Crippen molar-refractivity contribution in [2.24, 2.45) is 0 Å². The molecule has 1 aliphatic rings. The number of aromatic nitrogens is 2. The Morgan fingerprint density at radius 2 is 1.72 bits per heavy atom. The Morgan fingerprint density at radius 3 is 2.41 bits per heavy atom. The number of ketones is 1. The van der Waals surface area contributed by atoms with Gasteiger partial charge in [-0.1, -0.05) is 59.7 Å². The fourth-order valence-corrected chi connectivity index (χ4v) is 4.88. The molecular formula is C32H31N3O4. The first-order chi connectivity index (χ1) is 18.9. The van der Waals surface area contributed by atoms with Crippen molar-refractivity contribution in [2.75, 3.05) is 6.54 Å². The molecule has 1 amide bonds. The molecule has 0 radical (unpaired) electrons. The van der Waals surface area contributed by atoms with Crippen LogP contribution in [0.4, 0.5) is 0 Å². The number of benzene rings is 3. The number of carbonyl (C=O) groups is 2. The van der Waals surface area contributed by atoms with Crippen molar-refractivity contribution in [3.63, 3.8) is 0 Å². The Bertz CT molecular complexity index is 1490. The summed E-state index contributed by atoms with van der Waals surface area (Å²) in [6.07, 6.45) is 5.93. The zero-order valence-corrected chi connectivity index (χ0v) is 22.1. The normalized spacial score (nSPS) is 16.6. The van der Waals surface area contributed by atoms with Gasteiger partial charge in [0, 0.05) is 31.0 Å². The fraction of sp³-hybridized carbons (Fsp3) is 0.219. The third kappa shape index (κ3) is 5.77. The number of likely N-dealkylation sites (tertiary alicyclic amines) is 1. The molecule has 3 aromatic carbocycles. The molecular weight excluding hydrogens is 490 g/mol. The van der Waals surface area contributed by atoms with Crippen LogP contribution in [-0.4, -0.2) is 37.8 Å². The SMILES string of the molecule is Cc1ccc(C2/C(=C(\O)c3ccc(OCc4cccc(C)c4)cc3)C(=O)C(=O)N2CCCn2ccnc2)cc1. The standard InChI is InChI=1S/C32H31N3O4/c1-22-7-9-25(10-8-22)29-28(31(37)32(38)35(29)17-4-16-34-18-15-33-21-34)30(36)26-11-13-27(14-12-26)39-20-24-6-3-5-23(2)19-24/h3,5-15,18-19,21,29,36H,4,16-17,20H2,1-2H3/b30-28+. The number of hydrogen-bond acceptors (Lipinski definition) is 5. The Balaban J connectivity index is 1.41. The first-order valence-electron chi connectivity index (χ1n) is 13.0. The zero-order chi connectivity index (χ0) is 27.4.